The Morgan fingerprint density at radius 3 is 1.85 bits per heavy atom. The number of hydrogen-bond acceptors (Lipinski definition) is 0. The SMILES string of the molecule is Cc1cc2c3c(c1)-n1c4c(cccc4n4c5c(ccc6ccccc65)cc14)B3c1cccc3c4ccc5c(c4n-2c13)-c1ccccc1C51c2ccccc2-c2ccccc21. The maximum atomic E-state index is 2.69. The summed E-state index contributed by atoms with van der Waals surface area (Å²) in [5.41, 5.74) is 26.2. The molecule has 0 unspecified atom stereocenters. The minimum atomic E-state index is -0.404. The van der Waals surface area contributed by atoms with Gasteiger partial charge in [-0.25, -0.2) is 0 Å². The van der Waals surface area contributed by atoms with Crippen molar-refractivity contribution in [3.05, 3.63) is 204 Å². The van der Waals surface area contributed by atoms with Gasteiger partial charge in [0.25, 0.3) is 6.71 Å². The van der Waals surface area contributed by atoms with E-state index < -0.39 is 5.41 Å². The van der Waals surface area contributed by atoms with Crippen LogP contribution in [0.1, 0.15) is 27.8 Å². The highest BCUT2D eigenvalue weighted by molar-refractivity contribution is 7.00. The molecule has 60 heavy (non-hydrogen) atoms. The second kappa shape index (κ2) is 10.00. The molecule has 2 aliphatic heterocycles. The fourth-order valence-corrected chi connectivity index (χ4v) is 13.1. The van der Waals surface area contributed by atoms with E-state index in [1.807, 2.05) is 0 Å². The van der Waals surface area contributed by atoms with Gasteiger partial charge < -0.3 is 4.57 Å². The molecule has 0 saturated carbocycles. The van der Waals surface area contributed by atoms with E-state index in [9.17, 15) is 0 Å². The van der Waals surface area contributed by atoms with E-state index in [1.54, 1.807) is 0 Å². The largest absolute Gasteiger partial charge is 0.310 e. The third-order valence-corrected chi connectivity index (χ3v) is 15.0. The first-order valence-corrected chi connectivity index (χ1v) is 21.2. The zero-order valence-electron chi connectivity index (χ0n) is 32.7. The highest BCUT2D eigenvalue weighted by Crippen LogP contribution is 2.64. The summed E-state index contributed by atoms with van der Waals surface area (Å²) >= 11 is 0. The van der Waals surface area contributed by atoms with Gasteiger partial charge in [0.1, 0.15) is 5.65 Å². The second-order valence-corrected chi connectivity index (χ2v) is 17.6. The summed E-state index contributed by atoms with van der Waals surface area (Å²) in [6.45, 7) is 2.38. The summed E-state index contributed by atoms with van der Waals surface area (Å²) in [5.74, 6) is 0. The Balaban J connectivity index is 1.08. The average Bonchev–Trinajstić information content (AvgIpc) is 4.08. The fraction of sp³-hybridized carbons (Fsp3) is 0.0357. The maximum absolute atomic E-state index is 2.69. The van der Waals surface area contributed by atoms with Crippen LogP contribution in [0.4, 0.5) is 0 Å². The first-order chi connectivity index (χ1) is 29.7. The van der Waals surface area contributed by atoms with Gasteiger partial charge in [-0.15, -0.1) is 0 Å². The van der Waals surface area contributed by atoms with Crippen LogP contribution >= 0.6 is 0 Å². The number of imidazole rings is 1. The van der Waals surface area contributed by atoms with Crippen LogP contribution < -0.4 is 16.4 Å². The van der Waals surface area contributed by atoms with Crippen molar-refractivity contribution < 1.29 is 0 Å². The lowest BCUT2D eigenvalue weighted by Crippen LogP contribution is -2.59. The van der Waals surface area contributed by atoms with E-state index in [2.05, 4.69) is 196 Å². The number of para-hydroxylation sites is 2. The third kappa shape index (κ3) is 3.13. The molecule has 3 nitrogen and oxygen atoms in total. The molecular weight excluding hydrogens is 725 g/mol. The number of aryl methyl sites for hydroxylation is 1. The van der Waals surface area contributed by atoms with E-state index in [0.29, 0.717) is 0 Å². The molecule has 0 radical (unpaired) electrons. The molecule has 0 atom stereocenters. The van der Waals surface area contributed by atoms with Crippen LogP contribution in [0.25, 0.3) is 93.8 Å². The molecule has 0 bridgehead atoms. The van der Waals surface area contributed by atoms with Crippen LogP contribution in [-0.4, -0.2) is 20.2 Å². The van der Waals surface area contributed by atoms with Crippen molar-refractivity contribution >= 4 is 83.3 Å². The summed E-state index contributed by atoms with van der Waals surface area (Å²) in [6.07, 6.45) is 0. The van der Waals surface area contributed by atoms with Crippen molar-refractivity contribution in [2.45, 2.75) is 12.3 Å². The van der Waals surface area contributed by atoms with Crippen molar-refractivity contribution in [1.82, 2.24) is 13.5 Å². The van der Waals surface area contributed by atoms with Crippen molar-refractivity contribution in [3.63, 3.8) is 0 Å². The Hall–Kier alpha value is -7.56. The number of nitrogens with zero attached hydrogens (tertiary/aromatic N) is 3. The average molecular weight is 758 g/mol. The van der Waals surface area contributed by atoms with Crippen LogP contribution in [0, 0.1) is 6.92 Å². The van der Waals surface area contributed by atoms with Gasteiger partial charge in [-0.3, -0.25) is 8.97 Å². The Bertz CT molecular complexity index is 4000. The van der Waals surface area contributed by atoms with Gasteiger partial charge in [-0.1, -0.05) is 152 Å². The lowest BCUT2D eigenvalue weighted by molar-refractivity contribution is 0.794. The number of aromatic nitrogens is 3. The van der Waals surface area contributed by atoms with Gasteiger partial charge in [0.05, 0.1) is 27.5 Å². The first-order valence-electron chi connectivity index (χ1n) is 21.2. The van der Waals surface area contributed by atoms with Gasteiger partial charge in [0, 0.05) is 44.0 Å². The monoisotopic (exact) mass is 757 g/mol. The van der Waals surface area contributed by atoms with Crippen LogP contribution in [0.3, 0.4) is 0 Å². The van der Waals surface area contributed by atoms with Crippen LogP contribution in [0.15, 0.2) is 176 Å². The number of hydrogen-bond donors (Lipinski definition) is 0. The second-order valence-electron chi connectivity index (χ2n) is 17.6. The summed E-state index contributed by atoms with van der Waals surface area (Å²) in [7, 11) is 0. The number of benzene rings is 9. The first kappa shape index (κ1) is 30.5. The molecule has 3 aromatic heterocycles. The number of fused-ring (bicyclic) bond motifs is 25. The maximum Gasteiger partial charge on any atom is 0.252 e. The zero-order valence-corrected chi connectivity index (χ0v) is 32.7. The van der Waals surface area contributed by atoms with Gasteiger partial charge in [-0.2, -0.15) is 0 Å². The van der Waals surface area contributed by atoms with E-state index in [1.165, 1.54) is 138 Å². The molecule has 16 rings (SSSR count). The highest BCUT2D eigenvalue weighted by atomic mass is 15.1. The standard InChI is InChI=1S/C56H32BN3/c1-31-28-47-51-48(29-31)60-53-37(38-26-27-43-50(54(38)60)39-16-6-9-20-42(39)56(43)40-18-7-4-14-35(40)36-15-5-8-19-41(36)56)17-10-21-44(53)57(51)45-22-11-23-46-55(45)59(47)49-30-33-25-24-32-12-2-3-13-34(32)52(33)58(46)49/h2-30H,1H3. The summed E-state index contributed by atoms with van der Waals surface area (Å²) in [6, 6.07) is 67.4. The van der Waals surface area contributed by atoms with Crippen molar-refractivity contribution in [3.8, 4) is 33.6 Å². The molecule has 0 saturated heterocycles. The minimum Gasteiger partial charge on any atom is -0.310 e. The summed E-state index contributed by atoms with van der Waals surface area (Å²) < 4.78 is 7.83. The van der Waals surface area contributed by atoms with Gasteiger partial charge in [0.15, 0.2) is 0 Å². The third-order valence-electron chi connectivity index (χ3n) is 15.0. The van der Waals surface area contributed by atoms with Gasteiger partial charge in [-0.05, 0) is 97.5 Å². The smallest absolute Gasteiger partial charge is 0.252 e. The van der Waals surface area contributed by atoms with Gasteiger partial charge >= 0.3 is 0 Å². The van der Waals surface area contributed by atoms with Crippen molar-refractivity contribution in [2.75, 3.05) is 0 Å². The van der Waals surface area contributed by atoms with E-state index in [0.717, 1.165) is 0 Å². The highest BCUT2D eigenvalue weighted by Gasteiger charge is 2.53. The lowest BCUT2D eigenvalue weighted by Gasteiger charge is -2.34. The Morgan fingerprint density at radius 1 is 0.433 bits per heavy atom. The molecule has 1 spiro atoms. The van der Waals surface area contributed by atoms with E-state index in [4.69, 9.17) is 0 Å². The molecule has 5 heterocycles. The predicted molar refractivity (Wildman–Crippen MR) is 249 cm³/mol. The zero-order chi connectivity index (χ0) is 38.7. The molecule has 0 N–H and O–H groups in total. The van der Waals surface area contributed by atoms with E-state index in [-0.39, 0.29) is 6.71 Å². The van der Waals surface area contributed by atoms with Crippen LogP contribution in [-0.2, 0) is 5.41 Å². The topological polar surface area (TPSA) is 14.3 Å². The molecule has 4 aliphatic rings. The van der Waals surface area contributed by atoms with Gasteiger partial charge in [0.2, 0.25) is 0 Å². The van der Waals surface area contributed by atoms with Crippen LogP contribution in [0.2, 0.25) is 0 Å². The molecule has 4 heteroatoms. The Labute approximate surface area is 345 Å². The molecule has 0 fully saturated rings. The van der Waals surface area contributed by atoms with E-state index >= 15 is 0 Å². The Morgan fingerprint density at radius 2 is 1.05 bits per heavy atom. The quantitative estimate of drug-likeness (QED) is 0.137. The summed E-state index contributed by atoms with van der Waals surface area (Å²) in [4.78, 5) is 0. The van der Waals surface area contributed by atoms with Crippen LogP contribution in [0.5, 0.6) is 0 Å². The lowest BCUT2D eigenvalue weighted by atomic mass is 9.34. The predicted octanol–water partition coefficient (Wildman–Crippen LogP) is 11.1. The molecular formula is C56H32BN3. The fourth-order valence-electron chi connectivity index (χ4n) is 13.1. The molecule has 2 aliphatic carbocycles. The molecule has 9 aromatic carbocycles. The number of rotatable bonds is 0. The minimum absolute atomic E-state index is 0.0928. The molecule has 12 aromatic rings. The summed E-state index contributed by atoms with van der Waals surface area (Å²) in [5, 5.41) is 6.46. The normalized spacial score (nSPS) is 14.5. The van der Waals surface area contributed by atoms with Crippen molar-refractivity contribution in [2.24, 2.45) is 0 Å². The molecule has 274 valence electrons. The molecule has 0 amide bonds. The Kier molecular flexibility index (Phi) is 5.08. The van der Waals surface area contributed by atoms with Crippen molar-refractivity contribution in [1.29, 1.82) is 0 Å².